The molecule has 7 heteroatoms. The van der Waals surface area contributed by atoms with Crippen LogP contribution < -0.4 is 14.4 Å². The molecule has 0 spiro atoms. The number of ether oxygens (including phenoxy) is 3. The van der Waals surface area contributed by atoms with E-state index in [2.05, 4.69) is 21.3 Å². The van der Waals surface area contributed by atoms with Gasteiger partial charge in [0.25, 0.3) is 0 Å². The molecule has 0 radical (unpaired) electrons. The molecule has 0 atom stereocenters. The lowest BCUT2D eigenvalue weighted by molar-refractivity contribution is 0.122. The highest BCUT2D eigenvalue weighted by molar-refractivity contribution is 7.13. The number of fused-ring (bicyclic) bond motifs is 1. The Morgan fingerprint density at radius 1 is 0.889 bits per heavy atom. The second-order valence-corrected chi connectivity index (χ2v) is 7.26. The van der Waals surface area contributed by atoms with E-state index >= 15 is 0 Å². The predicted molar refractivity (Wildman–Crippen MR) is 105 cm³/mol. The van der Waals surface area contributed by atoms with Crippen LogP contribution in [0.25, 0.3) is 21.8 Å². The minimum absolute atomic E-state index is 0.583. The van der Waals surface area contributed by atoms with Gasteiger partial charge in [-0.1, -0.05) is 0 Å². The zero-order chi connectivity index (χ0) is 18.1. The van der Waals surface area contributed by atoms with E-state index in [4.69, 9.17) is 19.2 Å². The molecule has 4 heterocycles. The topological polar surface area (TPSA) is 56.7 Å². The second-order valence-electron chi connectivity index (χ2n) is 6.40. The van der Waals surface area contributed by atoms with Gasteiger partial charge in [-0.25, -0.2) is 9.97 Å². The first-order chi connectivity index (χ1) is 13.4. The van der Waals surface area contributed by atoms with Gasteiger partial charge in [0, 0.05) is 35.8 Å². The maximum Gasteiger partial charge on any atom is 0.162 e. The van der Waals surface area contributed by atoms with Crippen LogP contribution in [-0.4, -0.2) is 49.5 Å². The number of benzene rings is 1. The van der Waals surface area contributed by atoms with Crippen molar-refractivity contribution in [3.05, 3.63) is 41.9 Å². The maximum absolute atomic E-state index is 5.69. The van der Waals surface area contributed by atoms with E-state index in [9.17, 15) is 0 Å². The highest BCUT2D eigenvalue weighted by atomic mass is 32.1. The molecule has 2 aliphatic heterocycles. The largest absolute Gasteiger partial charge is 0.486 e. The van der Waals surface area contributed by atoms with Crippen LogP contribution in [0.3, 0.4) is 0 Å². The highest BCUT2D eigenvalue weighted by Crippen LogP contribution is 2.36. The van der Waals surface area contributed by atoms with Gasteiger partial charge in [0.2, 0.25) is 0 Å². The molecular weight excluding hydrogens is 362 g/mol. The third-order valence-electron chi connectivity index (χ3n) is 4.67. The number of hydrogen-bond acceptors (Lipinski definition) is 7. The maximum atomic E-state index is 5.69. The average molecular weight is 381 g/mol. The summed E-state index contributed by atoms with van der Waals surface area (Å²) in [4.78, 5) is 11.6. The summed E-state index contributed by atoms with van der Waals surface area (Å²) in [5.74, 6) is 2.56. The molecule has 1 saturated heterocycles. The Morgan fingerprint density at radius 3 is 2.63 bits per heavy atom. The molecule has 0 amide bonds. The van der Waals surface area contributed by atoms with E-state index in [-0.39, 0.29) is 0 Å². The molecule has 0 N–H and O–H groups in total. The van der Waals surface area contributed by atoms with Crippen molar-refractivity contribution in [2.24, 2.45) is 0 Å². The number of morpholine rings is 1. The number of aromatic nitrogens is 2. The van der Waals surface area contributed by atoms with Gasteiger partial charge in [0.1, 0.15) is 24.0 Å². The Labute approximate surface area is 161 Å². The number of anilines is 1. The standard InChI is InChI=1S/C20H19N3O3S/c1-2-17-18(26-10-9-25-17)11-14(1)16-13-27-20(22-16)15-3-4-21-19(12-15)23-5-7-24-8-6-23/h1-4,11-13H,5-10H2. The lowest BCUT2D eigenvalue weighted by Crippen LogP contribution is -2.36. The van der Waals surface area contributed by atoms with Crippen LogP contribution in [-0.2, 0) is 4.74 Å². The lowest BCUT2D eigenvalue weighted by atomic mass is 10.1. The van der Waals surface area contributed by atoms with Crippen LogP contribution in [0.15, 0.2) is 41.9 Å². The van der Waals surface area contributed by atoms with Crippen molar-refractivity contribution in [1.29, 1.82) is 0 Å². The van der Waals surface area contributed by atoms with Crippen molar-refractivity contribution in [3.63, 3.8) is 0 Å². The molecule has 2 aromatic heterocycles. The van der Waals surface area contributed by atoms with E-state index in [1.54, 1.807) is 11.3 Å². The van der Waals surface area contributed by atoms with Crippen LogP contribution in [0.5, 0.6) is 11.5 Å². The molecule has 0 aliphatic carbocycles. The first-order valence-electron chi connectivity index (χ1n) is 9.01. The normalized spacial score (nSPS) is 16.4. The Hall–Kier alpha value is -2.64. The van der Waals surface area contributed by atoms with Crippen LogP contribution in [0.1, 0.15) is 0 Å². The third-order valence-corrected chi connectivity index (χ3v) is 5.56. The molecule has 0 unspecified atom stereocenters. The summed E-state index contributed by atoms with van der Waals surface area (Å²) in [5, 5.41) is 3.06. The fourth-order valence-corrected chi connectivity index (χ4v) is 4.08. The van der Waals surface area contributed by atoms with E-state index in [1.807, 2.05) is 30.5 Å². The molecule has 2 aliphatic rings. The molecule has 5 rings (SSSR count). The van der Waals surface area contributed by atoms with Gasteiger partial charge in [-0.2, -0.15) is 0 Å². The Morgan fingerprint density at radius 2 is 1.74 bits per heavy atom. The van der Waals surface area contributed by atoms with Gasteiger partial charge < -0.3 is 19.1 Å². The lowest BCUT2D eigenvalue weighted by Gasteiger charge is -2.27. The smallest absolute Gasteiger partial charge is 0.162 e. The Balaban J connectivity index is 1.42. The number of rotatable bonds is 3. The molecule has 0 bridgehead atoms. The summed E-state index contributed by atoms with van der Waals surface area (Å²) < 4.78 is 16.7. The van der Waals surface area contributed by atoms with Crippen molar-refractivity contribution in [3.8, 4) is 33.3 Å². The van der Waals surface area contributed by atoms with Crippen molar-refractivity contribution in [2.45, 2.75) is 0 Å². The van der Waals surface area contributed by atoms with E-state index in [0.717, 1.165) is 65.4 Å². The fourth-order valence-electron chi connectivity index (χ4n) is 3.26. The summed E-state index contributed by atoms with van der Waals surface area (Å²) in [6.07, 6.45) is 1.85. The Bertz CT molecular complexity index is 953. The van der Waals surface area contributed by atoms with Crippen molar-refractivity contribution < 1.29 is 14.2 Å². The predicted octanol–water partition coefficient (Wildman–Crippen LogP) is 3.48. The molecule has 1 aromatic carbocycles. The second kappa shape index (κ2) is 7.17. The summed E-state index contributed by atoms with van der Waals surface area (Å²) in [7, 11) is 0. The minimum atomic E-state index is 0.583. The minimum Gasteiger partial charge on any atom is -0.486 e. The molecule has 1 fully saturated rings. The van der Waals surface area contributed by atoms with Crippen molar-refractivity contribution >= 4 is 17.2 Å². The quantitative estimate of drug-likeness (QED) is 0.692. The van der Waals surface area contributed by atoms with Crippen LogP contribution in [0.2, 0.25) is 0 Å². The van der Waals surface area contributed by atoms with Crippen LogP contribution in [0, 0.1) is 0 Å². The summed E-state index contributed by atoms with van der Waals surface area (Å²) >= 11 is 1.64. The SMILES string of the molecule is c1cc(-c2nc(-c3ccc4c(c3)OCCO4)cs2)cc(N2CCOCC2)n1. The first-order valence-corrected chi connectivity index (χ1v) is 9.89. The van der Waals surface area contributed by atoms with E-state index in [1.165, 1.54) is 0 Å². The zero-order valence-electron chi connectivity index (χ0n) is 14.8. The van der Waals surface area contributed by atoms with Gasteiger partial charge in [0.15, 0.2) is 11.5 Å². The molecule has 138 valence electrons. The average Bonchev–Trinajstić information content (AvgIpc) is 3.24. The molecule has 27 heavy (non-hydrogen) atoms. The van der Waals surface area contributed by atoms with Crippen molar-refractivity contribution in [1.82, 2.24) is 9.97 Å². The summed E-state index contributed by atoms with van der Waals surface area (Å²) in [6.45, 7) is 4.42. The van der Waals surface area contributed by atoms with Crippen LogP contribution in [0.4, 0.5) is 5.82 Å². The number of hydrogen-bond donors (Lipinski definition) is 0. The fraction of sp³-hybridized carbons (Fsp3) is 0.300. The molecule has 3 aromatic rings. The monoisotopic (exact) mass is 381 g/mol. The molecule has 0 saturated carbocycles. The number of pyridine rings is 1. The van der Waals surface area contributed by atoms with Gasteiger partial charge in [-0.05, 0) is 30.3 Å². The van der Waals surface area contributed by atoms with Gasteiger partial charge in [-0.3, -0.25) is 0 Å². The number of nitrogens with zero attached hydrogens (tertiary/aromatic N) is 3. The third kappa shape index (κ3) is 3.36. The van der Waals surface area contributed by atoms with Gasteiger partial charge >= 0.3 is 0 Å². The molecular formula is C20H19N3O3S. The van der Waals surface area contributed by atoms with Crippen LogP contribution >= 0.6 is 11.3 Å². The van der Waals surface area contributed by atoms with E-state index in [0.29, 0.717) is 13.2 Å². The zero-order valence-corrected chi connectivity index (χ0v) is 15.6. The number of thiazole rings is 1. The Kier molecular flexibility index (Phi) is 4.39. The first kappa shape index (κ1) is 16.5. The summed E-state index contributed by atoms with van der Waals surface area (Å²) in [5.41, 5.74) is 3.06. The van der Waals surface area contributed by atoms with Crippen molar-refractivity contribution in [2.75, 3.05) is 44.4 Å². The van der Waals surface area contributed by atoms with Gasteiger partial charge in [-0.15, -0.1) is 11.3 Å². The highest BCUT2D eigenvalue weighted by Gasteiger charge is 2.16. The van der Waals surface area contributed by atoms with E-state index < -0.39 is 0 Å². The summed E-state index contributed by atoms with van der Waals surface area (Å²) in [6, 6.07) is 10.1. The van der Waals surface area contributed by atoms with Gasteiger partial charge in [0.05, 0.1) is 18.9 Å². The molecule has 6 nitrogen and oxygen atoms in total.